The molecular weight excluding hydrogens is 483 g/mol. The van der Waals surface area contributed by atoms with E-state index in [1.54, 1.807) is 35.0 Å². The van der Waals surface area contributed by atoms with Gasteiger partial charge in [-0.1, -0.05) is 24.4 Å². The minimum absolute atomic E-state index is 0.102. The van der Waals surface area contributed by atoms with E-state index in [2.05, 4.69) is 15.6 Å². The SMILES string of the molecule is Nc1cc(Oc2ccc(NC(O)Nc3cc(C4CCCC4)nn3-c3ccc(Cl)cc3)c(F)c2)ccn1. The Labute approximate surface area is 212 Å². The number of nitrogens with two attached hydrogens (primary N) is 1. The number of nitrogen functional groups attached to an aromatic ring is 1. The fourth-order valence-corrected chi connectivity index (χ4v) is 4.46. The molecule has 1 aliphatic rings. The molecule has 0 amide bonds. The summed E-state index contributed by atoms with van der Waals surface area (Å²) in [5.41, 5.74) is 7.51. The lowest BCUT2D eigenvalue weighted by atomic mass is 10.0. The molecule has 5 N–H and O–H groups in total. The summed E-state index contributed by atoms with van der Waals surface area (Å²) in [5, 5.41) is 21.9. The first-order valence-electron chi connectivity index (χ1n) is 11.7. The van der Waals surface area contributed by atoms with E-state index in [0.717, 1.165) is 24.2 Å². The minimum atomic E-state index is -1.29. The molecule has 0 radical (unpaired) electrons. The molecule has 186 valence electrons. The molecule has 0 spiro atoms. The first-order valence-corrected chi connectivity index (χ1v) is 12.1. The second-order valence-electron chi connectivity index (χ2n) is 8.68. The van der Waals surface area contributed by atoms with E-state index in [9.17, 15) is 9.50 Å². The zero-order chi connectivity index (χ0) is 25.1. The monoisotopic (exact) mass is 508 g/mol. The van der Waals surface area contributed by atoms with Crippen molar-refractivity contribution in [1.82, 2.24) is 14.8 Å². The van der Waals surface area contributed by atoms with Crippen LogP contribution in [0, 0.1) is 5.82 Å². The second-order valence-corrected chi connectivity index (χ2v) is 9.11. The van der Waals surface area contributed by atoms with Crippen LogP contribution in [0.15, 0.2) is 66.9 Å². The van der Waals surface area contributed by atoms with Crippen molar-refractivity contribution in [2.75, 3.05) is 16.4 Å². The number of benzene rings is 2. The van der Waals surface area contributed by atoms with Crippen molar-refractivity contribution in [3.05, 3.63) is 83.4 Å². The van der Waals surface area contributed by atoms with Crippen LogP contribution < -0.4 is 21.1 Å². The van der Waals surface area contributed by atoms with Crippen LogP contribution in [-0.4, -0.2) is 26.2 Å². The van der Waals surface area contributed by atoms with Gasteiger partial charge in [0, 0.05) is 35.3 Å². The van der Waals surface area contributed by atoms with E-state index < -0.39 is 12.2 Å². The standard InChI is InChI=1S/C26H26ClFN6O2/c27-17-5-7-18(8-6-17)34-25(15-23(33-34)16-3-1-2-4-16)32-26(35)31-22-10-9-19(13-21(22)28)36-20-11-12-30-24(29)14-20/h5-16,26,31-32,35H,1-4H2,(H2,29,30). The Bertz CT molecular complexity index is 1340. The van der Waals surface area contributed by atoms with Crippen LogP contribution in [0.1, 0.15) is 37.3 Å². The molecule has 0 aliphatic heterocycles. The molecule has 0 bridgehead atoms. The van der Waals surface area contributed by atoms with Gasteiger partial charge in [-0.15, -0.1) is 0 Å². The van der Waals surface area contributed by atoms with Crippen molar-refractivity contribution < 1.29 is 14.2 Å². The zero-order valence-corrected chi connectivity index (χ0v) is 20.1. The third kappa shape index (κ3) is 5.53. The molecule has 36 heavy (non-hydrogen) atoms. The van der Waals surface area contributed by atoms with Gasteiger partial charge in [0.15, 0.2) is 0 Å². The van der Waals surface area contributed by atoms with Gasteiger partial charge in [0.2, 0.25) is 6.35 Å². The third-order valence-corrected chi connectivity index (χ3v) is 6.33. The molecule has 0 saturated heterocycles. The van der Waals surface area contributed by atoms with Crippen LogP contribution in [0.2, 0.25) is 5.02 Å². The molecule has 1 saturated carbocycles. The van der Waals surface area contributed by atoms with Crippen molar-refractivity contribution >= 4 is 28.9 Å². The lowest BCUT2D eigenvalue weighted by molar-refractivity contribution is 0.231. The number of nitrogens with zero attached hydrogens (tertiary/aromatic N) is 3. The summed E-state index contributed by atoms with van der Waals surface area (Å²) in [6, 6.07) is 16.7. The van der Waals surface area contributed by atoms with Gasteiger partial charge in [0.25, 0.3) is 0 Å². The molecule has 4 aromatic rings. The Balaban J connectivity index is 1.32. The van der Waals surface area contributed by atoms with Gasteiger partial charge >= 0.3 is 0 Å². The Morgan fingerprint density at radius 1 is 1.03 bits per heavy atom. The van der Waals surface area contributed by atoms with Crippen LogP contribution in [0.5, 0.6) is 11.5 Å². The van der Waals surface area contributed by atoms with Crippen LogP contribution in [0.3, 0.4) is 0 Å². The van der Waals surface area contributed by atoms with Crippen LogP contribution in [0.25, 0.3) is 5.69 Å². The molecule has 2 heterocycles. The molecule has 8 nitrogen and oxygen atoms in total. The number of aromatic nitrogens is 3. The van der Waals surface area contributed by atoms with Crippen LogP contribution in [-0.2, 0) is 0 Å². The first kappa shape index (κ1) is 23.9. The predicted octanol–water partition coefficient (Wildman–Crippen LogP) is 5.89. The van der Waals surface area contributed by atoms with Crippen molar-refractivity contribution in [3.63, 3.8) is 0 Å². The van der Waals surface area contributed by atoms with Crippen molar-refractivity contribution in [2.24, 2.45) is 0 Å². The molecule has 1 atom stereocenters. The molecular formula is C26H26ClFN6O2. The molecule has 5 rings (SSSR count). The minimum Gasteiger partial charge on any atom is -0.457 e. The van der Waals surface area contributed by atoms with Crippen molar-refractivity contribution in [1.29, 1.82) is 0 Å². The molecule has 1 fully saturated rings. The normalized spacial score (nSPS) is 14.5. The van der Waals surface area contributed by atoms with E-state index in [0.29, 0.717) is 28.3 Å². The van der Waals surface area contributed by atoms with Crippen LogP contribution in [0.4, 0.5) is 21.7 Å². The summed E-state index contributed by atoms with van der Waals surface area (Å²) >= 11 is 6.05. The number of hydrogen-bond acceptors (Lipinski definition) is 7. The van der Waals surface area contributed by atoms with Gasteiger partial charge < -0.3 is 26.2 Å². The highest BCUT2D eigenvalue weighted by Crippen LogP contribution is 2.35. The van der Waals surface area contributed by atoms with Gasteiger partial charge in [-0.05, 0) is 55.3 Å². The average molecular weight is 509 g/mol. The quantitative estimate of drug-likeness (QED) is 0.219. The summed E-state index contributed by atoms with van der Waals surface area (Å²) in [7, 11) is 0. The molecule has 10 heteroatoms. The summed E-state index contributed by atoms with van der Waals surface area (Å²) in [5.74, 6) is 1.40. The summed E-state index contributed by atoms with van der Waals surface area (Å²) in [6.07, 6.45) is 4.75. The van der Waals surface area contributed by atoms with Gasteiger partial charge in [0.1, 0.15) is 29.0 Å². The zero-order valence-electron chi connectivity index (χ0n) is 19.4. The Hall–Kier alpha value is -3.82. The topological polar surface area (TPSA) is 110 Å². The third-order valence-electron chi connectivity index (χ3n) is 6.08. The second kappa shape index (κ2) is 10.4. The summed E-state index contributed by atoms with van der Waals surface area (Å²) in [6.45, 7) is 0. The van der Waals surface area contributed by atoms with Gasteiger partial charge in [-0.25, -0.2) is 14.1 Å². The largest absolute Gasteiger partial charge is 0.457 e. The summed E-state index contributed by atoms with van der Waals surface area (Å²) < 4.78 is 22.1. The lowest BCUT2D eigenvalue weighted by Crippen LogP contribution is -2.29. The number of ether oxygens (including phenoxy) is 1. The number of halogens is 2. The van der Waals surface area contributed by atoms with E-state index in [1.165, 1.54) is 31.2 Å². The van der Waals surface area contributed by atoms with Crippen molar-refractivity contribution in [2.45, 2.75) is 38.0 Å². The Morgan fingerprint density at radius 2 is 1.78 bits per heavy atom. The highest BCUT2D eigenvalue weighted by atomic mass is 35.5. The molecule has 1 aliphatic carbocycles. The van der Waals surface area contributed by atoms with Crippen molar-refractivity contribution in [3.8, 4) is 17.2 Å². The maximum Gasteiger partial charge on any atom is 0.204 e. The van der Waals surface area contributed by atoms with Gasteiger partial charge in [-0.2, -0.15) is 5.10 Å². The number of rotatable bonds is 8. The molecule has 2 aromatic carbocycles. The molecule has 1 unspecified atom stereocenters. The highest BCUT2D eigenvalue weighted by Gasteiger charge is 2.23. The number of pyridine rings is 1. The number of hydrogen-bond donors (Lipinski definition) is 4. The van der Waals surface area contributed by atoms with Gasteiger partial charge in [0.05, 0.1) is 17.1 Å². The van der Waals surface area contributed by atoms with E-state index >= 15 is 0 Å². The number of anilines is 3. The Kier molecular flexibility index (Phi) is 6.92. The smallest absolute Gasteiger partial charge is 0.204 e. The highest BCUT2D eigenvalue weighted by molar-refractivity contribution is 6.30. The predicted molar refractivity (Wildman–Crippen MR) is 138 cm³/mol. The maximum absolute atomic E-state index is 14.8. The number of nitrogens with one attached hydrogen (secondary N) is 2. The van der Waals surface area contributed by atoms with E-state index in [4.69, 9.17) is 27.2 Å². The first-order chi connectivity index (χ1) is 17.4. The maximum atomic E-state index is 14.8. The summed E-state index contributed by atoms with van der Waals surface area (Å²) in [4.78, 5) is 3.90. The van der Waals surface area contributed by atoms with Crippen LogP contribution >= 0.6 is 11.6 Å². The van der Waals surface area contributed by atoms with E-state index in [1.807, 2.05) is 18.2 Å². The average Bonchev–Trinajstić information content (AvgIpc) is 3.52. The van der Waals surface area contributed by atoms with E-state index in [-0.39, 0.29) is 11.4 Å². The lowest BCUT2D eigenvalue weighted by Gasteiger charge is -2.18. The Morgan fingerprint density at radius 3 is 2.50 bits per heavy atom. The number of aliphatic hydroxyl groups is 1. The molecule has 2 aromatic heterocycles. The fourth-order valence-electron chi connectivity index (χ4n) is 4.33. The number of aliphatic hydroxyl groups excluding tert-OH is 1. The van der Waals surface area contributed by atoms with Gasteiger partial charge in [-0.3, -0.25) is 0 Å². The fraction of sp³-hybridized carbons (Fsp3) is 0.231.